The van der Waals surface area contributed by atoms with Gasteiger partial charge in [-0.3, -0.25) is 4.57 Å². The van der Waals surface area contributed by atoms with E-state index in [0.29, 0.717) is 18.0 Å². The molecule has 21 heavy (non-hydrogen) atoms. The number of aryl methyl sites for hydroxylation is 2. The number of halogens is 3. The van der Waals surface area contributed by atoms with Gasteiger partial charge in [-0.15, -0.1) is 11.6 Å². The zero-order valence-corrected chi connectivity index (χ0v) is 12.2. The van der Waals surface area contributed by atoms with Gasteiger partial charge in [0.05, 0.1) is 16.7 Å². The van der Waals surface area contributed by atoms with Crippen LogP contribution >= 0.6 is 11.6 Å². The van der Waals surface area contributed by atoms with Gasteiger partial charge in [-0.2, -0.15) is 0 Å². The molecule has 0 N–H and O–H groups in total. The van der Waals surface area contributed by atoms with Gasteiger partial charge in [0, 0.05) is 18.4 Å². The summed E-state index contributed by atoms with van der Waals surface area (Å²) in [6, 6.07) is 9.63. The highest BCUT2D eigenvalue weighted by Gasteiger charge is 2.15. The fourth-order valence-electron chi connectivity index (χ4n) is 2.50. The van der Waals surface area contributed by atoms with Crippen molar-refractivity contribution in [3.05, 3.63) is 59.4 Å². The second-order valence-corrected chi connectivity index (χ2v) is 5.22. The number of hydrogen-bond acceptors (Lipinski definition) is 1. The molecule has 0 saturated carbocycles. The van der Waals surface area contributed by atoms with Crippen LogP contribution in [0.5, 0.6) is 0 Å². The lowest BCUT2D eigenvalue weighted by atomic mass is 10.2. The van der Waals surface area contributed by atoms with Gasteiger partial charge in [0.2, 0.25) is 0 Å². The van der Waals surface area contributed by atoms with E-state index in [0.717, 1.165) is 28.5 Å². The lowest BCUT2D eigenvalue weighted by Crippen LogP contribution is -2.04. The molecule has 0 unspecified atom stereocenters. The normalized spacial score (nSPS) is 11.2. The molecule has 0 aliphatic heterocycles. The first-order valence-electron chi connectivity index (χ1n) is 6.60. The summed E-state index contributed by atoms with van der Waals surface area (Å²) in [6.07, 6.45) is 0.550. The highest BCUT2D eigenvalue weighted by atomic mass is 35.5. The van der Waals surface area contributed by atoms with Crippen LogP contribution in [0.2, 0.25) is 0 Å². The zero-order valence-electron chi connectivity index (χ0n) is 11.4. The van der Waals surface area contributed by atoms with Gasteiger partial charge >= 0.3 is 0 Å². The van der Waals surface area contributed by atoms with Gasteiger partial charge in [-0.05, 0) is 30.7 Å². The molecule has 0 aliphatic rings. The zero-order chi connectivity index (χ0) is 15.0. The Balaban J connectivity index is 2.32. The molecule has 0 bridgehead atoms. The minimum atomic E-state index is -0.875. The Morgan fingerprint density at radius 1 is 1.14 bits per heavy atom. The molecular weight excluding hydrogens is 294 g/mol. The van der Waals surface area contributed by atoms with Crippen molar-refractivity contribution in [2.24, 2.45) is 0 Å². The van der Waals surface area contributed by atoms with E-state index >= 15 is 0 Å². The fourth-order valence-corrected chi connectivity index (χ4v) is 2.67. The van der Waals surface area contributed by atoms with E-state index in [1.54, 1.807) is 6.07 Å². The first-order valence-corrected chi connectivity index (χ1v) is 7.13. The molecule has 0 atom stereocenters. The number of benzene rings is 2. The van der Waals surface area contributed by atoms with Crippen LogP contribution in [-0.4, -0.2) is 15.4 Å². The van der Waals surface area contributed by atoms with E-state index in [-0.39, 0.29) is 0 Å². The van der Waals surface area contributed by atoms with E-state index in [2.05, 4.69) is 4.98 Å². The molecule has 0 saturated heterocycles. The molecule has 108 valence electrons. The minimum Gasteiger partial charge on any atom is -0.296 e. The van der Waals surface area contributed by atoms with Crippen molar-refractivity contribution in [2.45, 2.75) is 13.3 Å². The largest absolute Gasteiger partial charge is 0.296 e. The maximum atomic E-state index is 13.6. The third-order valence-corrected chi connectivity index (χ3v) is 3.62. The van der Waals surface area contributed by atoms with Crippen LogP contribution in [0.3, 0.4) is 0 Å². The number of rotatable bonds is 3. The fraction of sp³-hybridized carbons (Fsp3) is 0.188. The van der Waals surface area contributed by atoms with E-state index in [9.17, 15) is 8.78 Å². The van der Waals surface area contributed by atoms with Gasteiger partial charge in [0.25, 0.3) is 0 Å². The molecule has 0 spiro atoms. The van der Waals surface area contributed by atoms with Crippen molar-refractivity contribution >= 4 is 22.6 Å². The van der Waals surface area contributed by atoms with Crippen molar-refractivity contribution in [3.63, 3.8) is 0 Å². The first-order chi connectivity index (χ1) is 10.1. The molecule has 0 aliphatic carbocycles. The van der Waals surface area contributed by atoms with Crippen molar-refractivity contribution in [2.75, 3.05) is 5.88 Å². The second kappa shape index (κ2) is 5.45. The Morgan fingerprint density at radius 2 is 1.95 bits per heavy atom. The lowest BCUT2D eigenvalue weighted by molar-refractivity contribution is 0.508. The van der Waals surface area contributed by atoms with Crippen LogP contribution in [0.15, 0.2) is 36.4 Å². The molecule has 3 rings (SSSR count). The van der Waals surface area contributed by atoms with Gasteiger partial charge in [-0.1, -0.05) is 12.1 Å². The summed E-state index contributed by atoms with van der Waals surface area (Å²) in [5, 5.41) is 0. The lowest BCUT2D eigenvalue weighted by Gasteiger charge is -2.10. The summed E-state index contributed by atoms with van der Waals surface area (Å²) in [4.78, 5) is 4.55. The number of para-hydroxylation sites is 1. The predicted octanol–water partition coefficient (Wildman–Crippen LogP) is 4.39. The second-order valence-electron chi connectivity index (χ2n) is 4.84. The topological polar surface area (TPSA) is 17.8 Å². The summed E-state index contributed by atoms with van der Waals surface area (Å²) in [5.74, 6) is -0.592. The number of hydrogen-bond donors (Lipinski definition) is 0. The molecule has 3 aromatic rings. The van der Waals surface area contributed by atoms with E-state index in [4.69, 9.17) is 11.6 Å². The van der Waals surface area contributed by atoms with Gasteiger partial charge in [-0.25, -0.2) is 13.8 Å². The summed E-state index contributed by atoms with van der Waals surface area (Å²) >= 11 is 5.83. The third-order valence-electron chi connectivity index (χ3n) is 3.43. The van der Waals surface area contributed by atoms with E-state index < -0.39 is 11.6 Å². The smallest absolute Gasteiger partial charge is 0.160 e. The molecule has 0 radical (unpaired) electrons. The Hall–Kier alpha value is -1.94. The SMILES string of the molecule is Cc1cccc2nc(CCCl)n(-c3ccc(F)c(F)c3)c12. The van der Waals surface area contributed by atoms with Gasteiger partial charge < -0.3 is 0 Å². The highest BCUT2D eigenvalue weighted by molar-refractivity contribution is 6.17. The molecular formula is C16H13ClF2N2. The molecule has 2 aromatic carbocycles. The van der Waals surface area contributed by atoms with Crippen LogP contribution in [-0.2, 0) is 6.42 Å². The molecule has 0 fully saturated rings. The standard InChI is InChI=1S/C16H13ClF2N2/c1-10-3-2-4-14-16(10)21(15(20-14)7-8-17)11-5-6-12(18)13(19)9-11/h2-6,9H,7-8H2,1H3. The van der Waals surface area contributed by atoms with Crippen molar-refractivity contribution in [1.82, 2.24) is 9.55 Å². The molecule has 1 aromatic heterocycles. The van der Waals surface area contributed by atoms with Crippen molar-refractivity contribution in [3.8, 4) is 5.69 Å². The predicted molar refractivity (Wildman–Crippen MR) is 80.1 cm³/mol. The van der Waals surface area contributed by atoms with E-state index in [1.165, 1.54) is 6.07 Å². The Labute approximate surface area is 126 Å². The first kappa shape index (κ1) is 14.0. The Morgan fingerprint density at radius 3 is 2.67 bits per heavy atom. The average Bonchev–Trinajstić information content (AvgIpc) is 2.82. The van der Waals surface area contributed by atoms with Crippen LogP contribution in [0.4, 0.5) is 8.78 Å². The number of alkyl halides is 1. The number of nitrogens with zero attached hydrogens (tertiary/aromatic N) is 2. The monoisotopic (exact) mass is 306 g/mol. The third kappa shape index (κ3) is 2.40. The maximum Gasteiger partial charge on any atom is 0.160 e. The minimum absolute atomic E-state index is 0.409. The van der Waals surface area contributed by atoms with Crippen LogP contribution < -0.4 is 0 Å². The molecule has 1 heterocycles. The molecule has 5 heteroatoms. The number of fused-ring (bicyclic) bond motifs is 1. The number of aromatic nitrogens is 2. The summed E-state index contributed by atoms with van der Waals surface area (Å²) in [7, 11) is 0. The van der Waals surface area contributed by atoms with Crippen molar-refractivity contribution < 1.29 is 8.78 Å². The van der Waals surface area contributed by atoms with Gasteiger partial charge in [0.15, 0.2) is 11.6 Å². The average molecular weight is 307 g/mol. The summed E-state index contributed by atoms with van der Waals surface area (Å²) in [5.41, 5.74) is 3.28. The van der Waals surface area contributed by atoms with Crippen molar-refractivity contribution in [1.29, 1.82) is 0 Å². The van der Waals surface area contributed by atoms with Gasteiger partial charge in [0.1, 0.15) is 5.82 Å². The molecule has 2 nitrogen and oxygen atoms in total. The summed E-state index contributed by atoms with van der Waals surface area (Å²) in [6.45, 7) is 1.96. The van der Waals surface area contributed by atoms with Crippen LogP contribution in [0.1, 0.15) is 11.4 Å². The van der Waals surface area contributed by atoms with Crippen LogP contribution in [0.25, 0.3) is 16.7 Å². The quantitative estimate of drug-likeness (QED) is 0.656. The summed E-state index contributed by atoms with van der Waals surface area (Å²) < 4.78 is 28.6. The van der Waals surface area contributed by atoms with E-state index in [1.807, 2.05) is 29.7 Å². The number of imidazole rings is 1. The Bertz CT molecular complexity index is 811. The molecule has 0 amide bonds. The maximum absolute atomic E-state index is 13.6. The highest BCUT2D eigenvalue weighted by Crippen LogP contribution is 2.25. The van der Waals surface area contributed by atoms with Crippen LogP contribution in [0, 0.1) is 18.6 Å². The Kier molecular flexibility index (Phi) is 3.64.